The van der Waals surface area contributed by atoms with Crippen LogP contribution in [0.3, 0.4) is 0 Å². The monoisotopic (exact) mass is 471 g/mol. The highest BCUT2D eigenvalue weighted by Gasteiger charge is 2.60. The molecular formula is C16H19BrF5N3OSi. The van der Waals surface area contributed by atoms with Gasteiger partial charge in [0.05, 0.1) is 0 Å². The van der Waals surface area contributed by atoms with E-state index < -0.39 is 25.9 Å². The molecule has 27 heavy (non-hydrogen) atoms. The van der Waals surface area contributed by atoms with Gasteiger partial charge in [0.15, 0.2) is 5.82 Å². The van der Waals surface area contributed by atoms with Gasteiger partial charge >= 0.3 is 12.1 Å². The van der Waals surface area contributed by atoms with E-state index in [0.29, 0.717) is 17.3 Å². The number of rotatable bonds is 7. The van der Waals surface area contributed by atoms with Crippen LogP contribution in [0.15, 0.2) is 29.0 Å². The summed E-state index contributed by atoms with van der Waals surface area (Å²) in [5.74, 6) is -5.19. The van der Waals surface area contributed by atoms with Crippen LogP contribution in [0.5, 0.6) is 0 Å². The van der Waals surface area contributed by atoms with E-state index in [2.05, 4.69) is 45.5 Å². The van der Waals surface area contributed by atoms with Crippen molar-refractivity contribution in [1.29, 1.82) is 0 Å². The highest BCUT2D eigenvalue weighted by Crippen LogP contribution is 2.43. The van der Waals surface area contributed by atoms with E-state index in [1.807, 2.05) is 0 Å². The molecular weight excluding hydrogens is 453 g/mol. The highest BCUT2D eigenvalue weighted by atomic mass is 79.9. The molecule has 0 radical (unpaired) electrons. The number of aromatic nitrogens is 3. The molecule has 0 saturated carbocycles. The minimum atomic E-state index is -5.74. The number of imidazole rings is 1. The minimum Gasteiger partial charge on any atom is -0.361 e. The third-order valence-electron chi connectivity index (χ3n) is 3.64. The summed E-state index contributed by atoms with van der Waals surface area (Å²) in [6, 6.07) is 3.90. The van der Waals surface area contributed by atoms with Gasteiger partial charge in [0.1, 0.15) is 18.1 Å². The van der Waals surface area contributed by atoms with Crippen LogP contribution in [0.1, 0.15) is 5.69 Å². The van der Waals surface area contributed by atoms with Crippen molar-refractivity contribution in [2.45, 2.75) is 44.5 Å². The first-order valence-corrected chi connectivity index (χ1v) is 12.5. The second kappa shape index (κ2) is 7.96. The van der Waals surface area contributed by atoms with E-state index >= 15 is 0 Å². The fourth-order valence-corrected chi connectivity index (χ4v) is 3.06. The number of hydrogen-bond acceptors (Lipinski definition) is 3. The molecule has 0 spiro atoms. The number of halogens is 6. The summed E-state index contributed by atoms with van der Waals surface area (Å²) in [6.07, 6.45) is -3.67. The molecule has 0 aliphatic carbocycles. The fourth-order valence-electron chi connectivity index (χ4n) is 2.06. The van der Waals surface area contributed by atoms with Gasteiger partial charge in [-0.1, -0.05) is 19.6 Å². The van der Waals surface area contributed by atoms with Crippen LogP contribution in [0.2, 0.25) is 25.7 Å². The van der Waals surface area contributed by atoms with Crippen molar-refractivity contribution in [3.8, 4) is 11.5 Å². The van der Waals surface area contributed by atoms with Crippen molar-refractivity contribution < 1.29 is 26.7 Å². The third-order valence-corrected chi connectivity index (χ3v) is 5.81. The molecule has 2 aromatic rings. The first-order chi connectivity index (χ1) is 12.3. The molecule has 0 N–H and O–H groups in total. The predicted octanol–water partition coefficient (Wildman–Crippen LogP) is 5.67. The van der Waals surface area contributed by atoms with Gasteiger partial charge in [-0.3, -0.25) is 4.98 Å². The van der Waals surface area contributed by atoms with Crippen molar-refractivity contribution in [2.75, 3.05) is 6.61 Å². The lowest BCUT2D eigenvalue weighted by Crippen LogP contribution is -2.34. The van der Waals surface area contributed by atoms with Crippen molar-refractivity contribution in [3.63, 3.8) is 0 Å². The van der Waals surface area contributed by atoms with Crippen LogP contribution in [0.4, 0.5) is 22.0 Å². The van der Waals surface area contributed by atoms with Crippen LogP contribution in [0.25, 0.3) is 11.5 Å². The molecule has 0 atom stereocenters. The number of hydrogen-bond donors (Lipinski definition) is 0. The minimum absolute atomic E-state index is 0.116. The maximum absolute atomic E-state index is 13.7. The van der Waals surface area contributed by atoms with Crippen LogP contribution < -0.4 is 0 Å². The zero-order valence-electron chi connectivity index (χ0n) is 14.9. The van der Waals surface area contributed by atoms with Crippen LogP contribution in [-0.2, 0) is 17.4 Å². The van der Waals surface area contributed by atoms with Gasteiger partial charge in [-0.15, -0.1) is 0 Å². The number of ether oxygens (including phenoxy) is 1. The largest absolute Gasteiger partial charge is 0.459 e. The number of alkyl halides is 5. The molecule has 0 bridgehead atoms. The summed E-state index contributed by atoms with van der Waals surface area (Å²) in [5, 5.41) is 0. The second-order valence-corrected chi connectivity index (χ2v) is 13.7. The van der Waals surface area contributed by atoms with Crippen molar-refractivity contribution in [1.82, 2.24) is 14.5 Å². The second-order valence-electron chi connectivity index (χ2n) is 7.20. The Bertz CT molecular complexity index is 772. The molecule has 4 nitrogen and oxygen atoms in total. The van der Waals surface area contributed by atoms with Gasteiger partial charge in [-0.2, -0.15) is 22.0 Å². The molecule has 0 aromatic carbocycles. The summed E-state index contributed by atoms with van der Waals surface area (Å²) >= 11 is 3.19. The quantitative estimate of drug-likeness (QED) is 0.296. The van der Waals surface area contributed by atoms with E-state index in [1.54, 1.807) is 6.07 Å². The smallest absolute Gasteiger partial charge is 0.361 e. The van der Waals surface area contributed by atoms with Gasteiger partial charge in [-0.25, -0.2) is 4.98 Å². The standard InChI is InChI=1S/C16H19BrF5N3OSi/c1-27(2,3)7-6-26-10-25-9-13(15(18,19)16(20,21)22)24-14(25)12-5-4-11(17)8-23-12/h4-5,8-9H,6-7,10H2,1-3H3. The lowest BCUT2D eigenvalue weighted by Gasteiger charge is -2.17. The SMILES string of the molecule is C[Si](C)(C)CCOCn1cc(C(F)(F)C(F)(F)F)nc1-c1ccc(Br)cn1. The van der Waals surface area contributed by atoms with Gasteiger partial charge in [0, 0.05) is 31.5 Å². The topological polar surface area (TPSA) is 39.9 Å². The molecule has 2 rings (SSSR count). The van der Waals surface area contributed by atoms with Gasteiger partial charge in [0.2, 0.25) is 0 Å². The molecule has 0 aliphatic heterocycles. The molecule has 0 aliphatic rings. The van der Waals surface area contributed by atoms with Crippen molar-refractivity contribution >= 4 is 24.0 Å². The van der Waals surface area contributed by atoms with Crippen LogP contribution in [-0.4, -0.2) is 35.4 Å². The predicted molar refractivity (Wildman–Crippen MR) is 97.2 cm³/mol. The lowest BCUT2D eigenvalue weighted by atomic mass is 10.2. The van der Waals surface area contributed by atoms with Gasteiger partial charge in [-0.05, 0) is 34.1 Å². The van der Waals surface area contributed by atoms with Gasteiger partial charge in [0.25, 0.3) is 0 Å². The summed E-state index contributed by atoms with van der Waals surface area (Å²) in [4.78, 5) is 7.55. The molecule has 2 aromatic heterocycles. The first kappa shape index (κ1) is 22.0. The maximum atomic E-state index is 13.7. The Balaban J connectivity index is 2.33. The molecule has 0 fully saturated rings. The number of nitrogens with zero attached hydrogens (tertiary/aromatic N) is 3. The Morgan fingerprint density at radius 1 is 1.15 bits per heavy atom. The van der Waals surface area contributed by atoms with Crippen molar-refractivity contribution in [3.05, 3.63) is 34.7 Å². The Hall–Kier alpha value is -1.33. The molecule has 0 saturated heterocycles. The molecule has 11 heteroatoms. The molecule has 150 valence electrons. The molecule has 2 heterocycles. The van der Waals surface area contributed by atoms with E-state index in [9.17, 15) is 22.0 Å². The van der Waals surface area contributed by atoms with Crippen LogP contribution in [0, 0.1) is 0 Å². The normalized spacial score (nSPS) is 13.2. The Labute approximate surface area is 162 Å². The van der Waals surface area contributed by atoms with E-state index in [1.165, 1.54) is 12.3 Å². The number of pyridine rings is 1. The van der Waals surface area contributed by atoms with E-state index in [0.717, 1.165) is 10.6 Å². The zero-order valence-corrected chi connectivity index (χ0v) is 17.5. The summed E-state index contributed by atoms with van der Waals surface area (Å²) < 4.78 is 72.8. The highest BCUT2D eigenvalue weighted by molar-refractivity contribution is 9.10. The Kier molecular flexibility index (Phi) is 6.47. The molecule has 0 amide bonds. The first-order valence-electron chi connectivity index (χ1n) is 8.03. The summed E-state index contributed by atoms with van der Waals surface area (Å²) in [5.41, 5.74) is -1.22. The lowest BCUT2D eigenvalue weighted by molar-refractivity contribution is -0.290. The summed E-state index contributed by atoms with van der Waals surface area (Å²) in [6.45, 7) is 6.62. The van der Waals surface area contributed by atoms with Crippen molar-refractivity contribution in [2.24, 2.45) is 0 Å². The van der Waals surface area contributed by atoms with E-state index in [4.69, 9.17) is 4.74 Å². The third kappa shape index (κ3) is 5.58. The maximum Gasteiger partial charge on any atom is 0.459 e. The Morgan fingerprint density at radius 2 is 1.81 bits per heavy atom. The van der Waals surface area contributed by atoms with E-state index in [-0.39, 0.29) is 18.2 Å². The average molecular weight is 472 g/mol. The summed E-state index contributed by atoms with van der Waals surface area (Å²) in [7, 11) is -1.37. The Morgan fingerprint density at radius 3 is 2.33 bits per heavy atom. The fraction of sp³-hybridized carbons (Fsp3) is 0.500. The van der Waals surface area contributed by atoms with Crippen LogP contribution >= 0.6 is 15.9 Å². The van der Waals surface area contributed by atoms with Gasteiger partial charge < -0.3 is 9.30 Å². The average Bonchev–Trinajstić information content (AvgIpc) is 2.95. The zero-order chi connectivity index (χ0) is 20.5. The molecule has 0 unspecified atom stereocenters.